The van der Waals surface area contributed by atoms with Crippen molar-refractivity contribution in [2.24, 2.45) is 0 Å². The molecular formula is C17H28N2. The lowest BCUT2D eigenvalue weighted by Crippen LogP contribution is -2.39. The standard InChI is InChI=1S/C17H28N2/c1-5-8-19-9-6-16(7-10-19)18-17-14(3)11-13(2)12-15(17)4/h11-12,16,18H,5-10H2,1-4H3. The van der Waals surface area contributed by atoms with E-state index in [1.54, 1.807) is 0 Å². The highest BCUT2D eigenvalue weighted by molar-refractivity contribution is 5.58. The number of rotatable bonds is 4. The van der Waals surface area contributed by atoms with Crippen molar-refractivity contribution in [1.82, 2.24) is 4.90 Å². The summed E-state index contributed by atoms with van der Waals surface area (Å²) in [7, 11) is 0. The van der Waals surface area contributed by atoms with E-state index in [2.05, 4.69) is 50.0 Å². The Morgan fingerprint density at radius 1 is 1.11 bits per heavy atom. The molecule has 1 aromatic rings. The highest BCUT2D eigenvalue weighted by Gasteiger charge is 2.19. The minimum Gasteiger partial charge on any atom is -0.382 e. The largest absolute Gasteiger partial charge is 0.382 e. The number of nitrogens with one attached hydrogen (secondary N) is 1. The molecule has 0 unspecified atom stereocenters. The first kappa shape index (κ1) is 14.4. The van der Waals surface area contributed by atoms with Gasteiger partial charge in [-0.2, -0.15) is 0 Å². The van der Waals surface area contributed by atoms with E-state index in [0.29, 0.717) is 6.04 Å². The van der Waals surface area contributed by atoms with E-state index >= 15 is 0 Å². The Balaban J connectivity index is 1.96. The topological polar surface area (TPSA) is 15.3 Å². The number of hydrogen-bond donors (Lipinski definition) is 1. The second kappa shape index (κ2) is 6.42. The smallest absolute Gasteiger partial charge is 0.0401 e. The molecule has 0 spiro atoms. The normalized spacial score (nSPS) is 17.7. The van der Waals surface area contributed by atoms with Crippen molar-refractivity contribution in [2.45, 2.75) is 53.0 Å². The summed E-state index contributed by atoms with van der Waals surface area (Å²) in [5.74, 6) is 0. The summed E-state index contributed by atoms with van der Waals surface area (Å²) in [5.41, 5.74) is 5.49. The average molecular weight is 260 g/mol. The lowest BCUT2D eigenvalue weighted by Gasteiger charge is -2.33. The Morgan fingerprint density at radius 3 is 2.21 bits per heavy atom. The van der Waals surface area contributed by atoms with Crippen molar-refractivity contribution in [3.05, 3.63) is 28.8 Å². The summed E-state index contributed by atoms with van der Waals surface area (Å²) in [4.78, 5) is 2.59. The van der Waals surface area contributed by atoms with Crippen molar-refractivity contribution in [3.63, 3.8) is 0 Å². The molecule has 0 aliphatic carbocycles. The minimum absolute atomic E-state index is 0.646. The van der Waals surface area contributed by atoms with Gasteiger partial charge < -0.3 is 10.2 Å². The molecule has 0 aromatic heterocycles. The summed E-state index contributed by atoms with van der Waals surface area (Å²) in [6.45, 7) is 12.6. The Labute approximate surface area is 118 Å². The van der Waals surface area contributed by atoms with E-state index in [-0.39, 0.29) is 0 Å². The first-order valence-corrected chi connectivity index (χ1v) is 7.67. The Hall–Kier alpha value is -1.02. The van der Waals surface area contributed by atoms with Gasteiger partial charge in [0.2, 0.25) is 0 Å². The predicted octanol–water partition coefficient (Wildman–Crippen LogP) is 3.90. The molecule has 0 bridgehead atoms. The number of piperidine rings is 1. The van der Waals surface area contributed by atoms with Crippen LogP contribution in [-0.4, -0.2) is 30.6 Å². The van der Waals surface area contributed by atoms with Crippen LogP contribution >= 0.6 is 0 Å². The monoisotopic (exact) mass is 260 g/mol. The summed E-state index contributed by atoms with van der Waals surface area (Å²) in [6.07, 6.45) is 3.81. The molecule has 1 aliphatic heterocycles. The van der Waals surface area contributed by atoms with Gasteiger partial charge in [0.1, 0.15) is 0 Å². The number of hydrogen-bond acceptors (Lipinski definition) is 2. The van der Waals surface area contributed by atoms with Crippen LogP contribution in [0.15, 0.2) is 12.1 Å². The van der Waals surface area contributed by atoms with E-state index in [9.17, 15) is 0 Å². The molecule has 0 atom stereocenters. The average Bonchev–Trinajstić information content (AvgIpc) is 2.36. The van der Waals surface area contributed by atoms with Crippen molar-refractivity contribution >= 4 is 5.69 Å². The van der Waals surface area contributed by atoms with Gasteiger partial charge in [0.25, 0.3) is 0 Å². The zero-order valence-electron chi connectivity index (χ0n) is 12.9. The van der Waals surface area contributed by atoms with Gasteiger partial charge in [-0.1, -0.05) is 24.6 Å². The first-order valence-electron chi connectivity index (χ1n) is 7.67. The van der Waals surface area contributed by atoms with Crippen LogP contribution in [0.1, 0.15) is 42.9 Å². The van der Waals surface area contributed by atoms with E-state index in [4.69, 9.17) is 0 Å². The molecule has 1 fully saturated rings. The van der Waals surface area contributed by atoms with Crippen molar-refractivity contribution in [2.75, 3.05) is 25.0 Å². The zero-order chi connectivity index (χ0) is 13.8. The highest BCUT2D eigenvalue weighted by Crippen LogP contribution is 2.25. The van der Waals surface area contributed by atoms with Gasteiger partial charge in [0.05, 0.1) is 0 Å². The fourth-order valence-corrected chi connectivity index (χ4v) is 3.23. The number of likely N-dealkylation sites (tertiary alicyclic amines) is 1. The number of aryl methyl sites for hydroxylation is 3. The number of nitrogens with zero attached hydrogens (tertiary/aromatic N) is 1. The van der Waals surface area contributed by atoms with Gasteiger partial charge in [-0.25, -0.2) is 0 Å². The Kier molecular flexibility index (Phi) is 4.87. The van der Waals surface area contributed by atoms with E-state index < -0.39 is 0 Å². The number of benzene rings is 1. The van der Waals surface area contributed by atoms with Crippen LogP contribution in [-0.2, 0) is 0 Å². The lowest BCUT2D eigenvalue weighted by molar-refractivity contribution is 0.219. The van der Waals surface area contributed by atoms with Crippen molar-refractivity contribution in [1.29, 1.82) is 0 Å². The molecule has 19 heavy (non-hydrogen) atoms. The molecule has 2 heteroatoms. The maximum absolute atomic E-state index is 3.78. The van der Waals surface area contributed by atoms with Crippen LogP contribution < -0.4 is 5.32 Å². The molecule has 0 radical (unpaired) electrons. The summed E-state index contributed by atoms with van der Waals surface area (Å²) in [6, 6.07) is 5.21. The van der Waals surface area contributed by atoms with Crippen LogP contribution in [0.2, 0.25) is 0 Å². The summed E-state index contributed by atoms with van der Waals surface area (Å²) in [5, 5.41) is 3.78. The molecule has 1 heterocycles. The molecule has 2 nitrogen and oxygen atoms in total. The van der Waals surface area contributed by atoms with Gasteiger partial charge in [-0.15, -0.1) is 0 Å². The summed E-state index contributed by atoms with van der Waals surface area (Å²) >= 11 is 0. The molecule has 0 amide bonds. The Morgan fingerprint density at radius 2 is 1.68 bits per heavy atom. The molecule has 1 aromatic carbocycles. The van der Waals surface area contributed by atoms with Gasteiger partial charge in [-0.3, -0.25) is 0 Å². The quantitative estimate of drug-likeness (QED) is 0.883. The van der Waals surface area contributed by atoms with Crippen molar-refractivity contribution < 1.29 is 0 Å². The molecule has 106 valence electrons. The molecular weight excluding hydrogens is 232 g/mol. The first-order chi connectivity index (χ1) is 9.10. The second-order valence-electron chi connectivity index (χ2n) is 6.03. The van der Waals surface area contributed by atoms with Crippen LogP contribution in [0.25, 0.3) is 0 Å². The van der Waals surface area contributed by atoms with Gasteiger partial charge in [0, 0.05) is 24.8 Å². The molecule has 1 saturated heterocycles. The SMILES string of the molecule is CCCN1CCC(Nc2c(C)cc(C)cc2C)CC1. The van der Waals surface area contributed by atoms with E-state index in [0.717, 1.165) is 0 Å². The van der Waals surface area contributed by atoms with Crippen molar-refractivity contribution in [3.8, 4) is 0 Å². The maximum Gasteiger partial charge on any atom is 0.0401 e. The molecule has 1 N–H and O–H groups in total. The predicted molar refractivity (Wildman–Crippen MR) is 84.0 cm³/mol. The van der Waals surface area contributed by atoms with Gasteiger partial charge in [0.15, 0.2) is 0 Å². The zero-order valence-corrected chi connectivity index (χ0v) is 12.9. The molecule has 0 saturated carbocycles. The van der Waals surface area contributed by atoms with E-state index in [1.165, 1.54) is 61.3 Å². The van der Waals surface area contributed by atoms with Gasteiger partial charge in [-0.05, 0) is 57.7 Å². The minimum atomic E-state index is 0.646. The third-order valence-corrected chi connectivity index (χ3v) is 4.15. The third-order valence-electron chi connectivity index (χ3n) is 4.15. The maximum atomic E-state index is 3.78. The lowest BCUT2D eigenvalue weighted by atomic mass is 10.0. The molecule has 1 aliphatic rings. The summed E-state index contributed by atoms with van der Waals surface area (Å²) < 4.78 is 0. The van der Waals surface area contributed by atoms with E-state index in [1.807, 2.05) is 0 Å². The van der Waals surface area contributed by atoms with Gasteiger partial charge >= 0.3 is 0 Å². The second-order valence-corrected chi connectivity index (χ2v) is 6.03. The van der Waals surface area contributed by atoms with Crippen LogP contribution in [0.3, 0.4) is 0 Å². The fraction of sp³-hybridized carbons (Fsp3) is 0.647. The molecule has 2 rings (SSSR count). The Bertz CT molecular complexity index is 394. The van der Waals surface area contributed by atoms with Crippen LogP contribution in [0.5, 0.6) is 0 Å². The fourth-order valence-electron chi connectivity index (χ4n) is 3.23. The third kappa shape index (κ3) is 3.73. The number of anilines is 1. The van der Waals surface area contributed by atoms with Crippen LogP contribution in [0.4, 0.5) is 5.69 Å². The van der Waals surface area contributed by atoms with Crippen LogP contribution in [0, 0.1) is 20.8 Å². The highest BCUT2D eigenvalue weighted by atomic mass is 15.1.